The number of halogens is 2. The number of aromatic nitrogens is 4. The van der Waals surface area contributed by atoms with Crippen LogP contribution in [0, 0.1) is 5.82 Å². The molecule has 0 spiro atoms. The van der Waals surface area contributed by atoms with Crippen LogP contribution in [0.25, 0.3) is 0 Å². The number of ether oxygens (including phenoxy) is 1. The van der Waals surface area contributed by atoms with Gasteiger partial charge < -0.3 is 14.5 Å². The topological polar surface area (TPSA) is 93.5 Å². The van der Waals surface area contributed by atoms with Gasteiger partial charge in [-0.15, -0.1) is 0 Å². The van der Waals surface area contributed by atoms with E-state index in [9.17, 15) is 14.0 Å². The molecule has 32 heavy (non-hydrogen) atoms. The van der Waals surface area contributed by atoms with Crippen LogP contribution in [0.15, 0.2) is 36.8 Å². The molecule has 2 aliphatic rings. The first-order valence-corrected chi connectivity index (χ1v) is 10.3. The van der Waals surface area contributed by atoms with E-state index in [2.05, 4.69) is 15.1 Å². The summed E-state index contributed by atoms with van der Waals surface area (Å²) in [6, 6.07) is 3.10. The van der Waals surface area contributed by atoms with E-state index >= 15 is 0 Å². The zero-order valence-corrected chi connectivity index (χ0v) is 17.8. The van der Waals surface area contributed by atoms with Crippen LogP contribution in [-0.2, 0) is 17.8 Å². The number of rotatable bonds is 3. The van der Waals surface area contributed by atoms with Crippen molar-refractivity contribution >= 4 is 29.1 Å². The maximum atomic E-state index is 13.7. The molecule has 9 nitrogen and oxygen atoms in total. The number of carbonyl (C=O) groups excluding carboxylic acids is 2. The molecule has 0 N–H and O–H groups in total. The van der Waals surface area contributed by atoms with Crippen LogP contribution in [0.1, 0.15) is 21.7 Å². The molecule has 11 heteroatoms. The molecule has 164 valence electrons. The van der Waals surface area contributed by atoms with E-state index in [0.717, 1.165) is 0 Å². The molecular weight excluding hydrogens is 439 g/mol. The molecule has 3 aromatic rings. The molecule has 0 fully saturated rings. The van der Waals surface area contributed by atoms with E-state index < -0.39 is 17.8 Å². The molecule has 0 unspecified atom stereocenters. The highest BCUT2D eigenvalue weighted by Gasteiger charge is 2.40. The van der Waals surface area contributed by atoms with Crippen molar-refractivity contribution in [2.45, 2.75) is 19.0 Å². The summed E-state index contributed by atoms with van der Waals surface area (Å²) in [7, 11) is 1.54. The Morgan fingerprint density at radius 3 is 2.91 bits per heavy atom. The van der Waals surface area contributed by atoms with E-state index in [1.54, 1.807) is 18.6 Å². The Labute approximate surface area is 187 Å². The van der Waals surface area contributed by atoms with Gasteiger partial charge in [0.05, 0.1) is 24.1 Å². The minimum atomic E-state index is -0.875. The van der Waals surface area contributed by atoms with E-state index in [-0.39, 0.29) is 31.3 Å². The lowest BCUT2D eigenvalue weighted by atomic mass is 10.0. The second kappa shape index (κ2) is 7.86. The number of fused-ring (bicyclic) bond motifs is 2. The fourth-order valence-corrected chi connectivity index (χ4v) is 4.27. The number of benzene rings is 1. The SMILES string of the molecule is CN1C(=O)[C@@H](N2CCc3c(nn(Cc4cnccn4)c3Cl)C2=O)COc2ccc(F)cc21. The molecular formula is C21H18ClFN6O3. The molecule has 1 aromatic carbocycles. The van der Waals surface area contributed by atoms with Crippen LogP contribution in [0.5, 0.6) is 5.75 Å². The van der Waals surface area contributed by atoms with Crippen LogP contribution < -0.4 is 9.64 Å². The number of amides is 2. The Hall–Kier alpha value is -3.53. The van der Waals surface area contributed by atoms with Gasteiger partial charge in [0.2, 0.25) is 0 Å². The van der Waals surface area contributed by atoms with Crippen molar-refractivity contribution in [2.24, 2.45) is 0 Å². The highest BCUT2D eigenvalue weighted by Crippen LogP contribution is 2.34. The quantitative estimate of drug-likeness (QED) is 0.598. The number of nitrogens with zero attached hydrogens (tertiary/aromatic N) is 6. The normalized spacial score (nSPS) is 18.2. The first kappa shape index (κ1) is 20.4. The summed E-state index contributed by atoms with van der Waals surface area (Å²) in [6.07, 6.45) is 5.17. The Bertz CT molecular complexity index is 1220. The van der Waals surface area contributed by atoms with Gasteiger partial charge >= 0.3 is 0 Å². The molecule has 2 aliphatic heterocycles. The van der Waals surface area contributed by atoms with Crippen LogP contribution in [0.4, 0.5) is 10.1 Å². The maximum absolute atomic E-state index is 13.7. The fourth-order valence-electron chi connectivity index (χ4n) is 3.99. The zero-order chi connectivity index (χ0) is 22.4. The standard InChI is InChI=1S/C21H18ClFN6O3/c1-27-15-8-12(23)2-3-17(15)32-11-16(20(27)30)28-7-4-14-18(21(28)31)26-29(19(14)22)10-13-9-24-5-6-25-13/h2-3,5-6,8-9,16H,4,7,10-11H2,1H3/t16-/m0/s1. The molecule has 0 aliphatic carbocycles. The van der Waals surface area contributed by atoms with Crippen molar-refractivity contribution in [3.05, 3.63) is 64.7 Å². The van der Waals surface area contributed by atoms with Crippen molar-refractivity contribution in [2.75, 3.05) is 25.1 Å². The summed E-state index contributed by atoms with van der Waals surface area (Å²) in [4.78, 5) is 37.5. The average molecular weight is 457 g/mol. The molecule has 4 heterocycles. The van der Waals surface area contributed by atoms with Gasteiger partial charge in [-0.3, -0.25) is 19.6 Å². The van der Waals surface area contributed by atoms with E-state index in [4.69, 9.17) is 16.3 Å². The zero-order valence-electron chi connectivity index (χ0n) is 17.0. The lowest BCUT2D eigenvalue weighted by Gasteiger charge is -2.33. The van der Waals surface area contributed by atoms with Gasteiger partial charge in [-0.05, 0) is 18.6 Å². The predicted octanol–water partition coefficient (Wildman–Crippen LogP) is 1.94. The van der Waals surface area contributed by atoms with E-state index in [1.165, 1.54) is 39.7 Å². The molecule has 2 amide bonds. The van der Waals surface area contributed by atoms with E-state index in [0.29, 0.717) is 34.3 Å². The van der Waals surface area contributed by atoms with Crippen molar-refractivity contribution in [1.82, 2.24) is 24.6 Å². The Kier molecular flexibility index (Phi) is 5.01. The smallest absolute Gasteiger partial charge is 0.275 e. The van der Waals surface area contributed by atoms with Gasteiger partial charge in [-0.2, -0.15) is 5.10 Å². The molecule has 5 rings (SSSR count). The van der Waals surface area contributed by atoms with Gasteiger partial charge in [0, 0.05) is 37.6 Å². The van der Waals surface area contributed by atoms with E-state index in [1.807, 2.05) is 0 Å². The molecule has 0 saturated heterocycles. The van der Waals surface area contributed by atoms with Crippen LogP contribution in [0.3, 0.4) is 0 Å². The van der Waals surface area contributed by atoms with Gasteiger partial charge in [0.1, 0.15) is 29.4 Å². The Balaban J connectivity index is 1.42. The minimum absolute atomic E-state index is 0.0447. The minimum Gasteiger partial charge on any atom is -0.489 e. The summed E-state index contributed by atoms with van der Waals surface area (Å²) in [5.74, 6) is -0.867. The van der Waals surface area contributed by atoms with Crippen LogP contribution >= 0.6 is 11.6 Å². The summed E-state index contributed by atoms with van der Waals surface area (Å²) >= 11 is 6.49. The first-order chi connectivity index (χ1) is 15.4. The maximum Gasteiger partial charge on any atom is 0.275 e. The van der Waals surface area contributed by atoms with Crippen LogP contribution in [0.2, 0.25) is 5.15 Å². The predicted molar refractivity (Wildman–Crippen MR) is 112 cm³/mol. The number of hydrogen-bond donors (Lipinski definition) is 0. The Morgan fingerprint density at radius 1 is 1.28 bits per heavy atom. The van der Waals surface area contributed by atoms with Gasteiger partial charge in [0.25, 0.3) is 11.8 Å². The summed E-state index contributed by atoms with van der Waals surface area (Å²) in [6.45, 7) is 0.500. The highest BCUT2D eigenvalue weighted by atomic mass is 35.5. The summed E-state index contributed by atoms with van der Waals surface area (Å²) < 4.78 is 21.0. The van der Waals surface area contributed by atoms with Crippen LogP contribution in [-0.4, -0.2) is 62.7 Å². The molecule has 0 bridgehead atoms. The Morgan fingerprint density at radius 2 is 2.12 bits per heavy atom. The lowest BCUT2D eigenvalue weighted by molar-refractivity contribution is -0.123. The monoisotopic (exact) mass is 456 g/mol. The van der Waals surface area contributed by atoms with Crippen molar-refractivity contribution in [3.63, 3.8) is 0 Å². The first-order valence-electron chi connectivity index (χ1n) is 9.95. The third kappa shape index (κ3) is 3.36. The highest BCUT2D eigenvalue weighted by molar-refractivity contribution is 6.31. The fraction of sp³-hybridized carbons (Fsp3) is 0.286. The summed E-state index contributed by atoms with van der Waals surface area (Å²) in [5, 5.41) is 4.76. The van der Waals surface area contributed by atoms with Gasteiger partial charge in [-0.25, -0.2) is 9.07 Å². The molecule has 0 saturated carbocycles. The third-order valence-corrected chi connectivity index (χ3v) is 6.07. The largest absolute Gasteiger partial charge is 0.489 e. The van der Waals surface area contributed by atoms with Crippen molar-refractivity contribution in [1.29, 1.82) is 0 Å². The van der Waals surface area contributed by atoms with Crippen molar-refractivity contribution < 1.29 is 18.7 Å². The third-order valence-electron chi connectivity index (χ3n) is 5.65. The molecule has 2 aromatic heterocycles. The molecule has 1 atom stereocenters. The lowest BCUT2D eigenvalue weighted by Crippen LogP contribution is -2.54. The average Bonchev–Trinajstić information content (AvgIpc) is 3.05. The number of anilines is 1. The summed E-state index contributed by atoms with van der Waals surface area (Å²) in [5.41, 5.74) is 1.81. The second-order valence-corrected chi connectivity index (χ2v) is 7.92. The molecule has 0 radical (unpaired) electrons. The van der Waals surface area contributed by atoms with Crippen molar-refractivity contribution in [3.8, 4) is 5.75 Å². The number of likely N-dealkylation sites (N-methyl/N-ethyl adjacent to an activating group) is 1. The second-order valence-electron chi connectivity index (χ2n) is 7.56. The number of carbonyl (C=O) groups is 2. The number of hydrogen-bond acceptors (Lipinski definition) is 6. The van der Waals surface area contributed by atoms with Gasteiger partial charge in [-0.1, -0.05) is 11.6 Å². The van der Waals surface area contributed by atoms with Gasteiger partial charge in [0.15, 0.2) is 5.69 Å².